The highest BCUT2D eigenvalue weighted by molar-refractivity contribution is 7.91. The number of ether oxygens (including phenoxy) is 2. The molecule has 2 aromatic rings. The van der Waals surface area contributed by atoms with E-state index in [9.17, 15) is 13.2 Å². The third-order valence-corrected chi connectivity index (χ3v) is 5.95. The minimum atomic E-state index is -3.63. The quantitative estimate of drug-likeness (QED) is 0.642. The fourth-order valence-corrected chi connectivity index (χ4v) is 4.24. The van der Waals surface area contributed by atoms with Gasteiger partial charge in [0.15, 0.2) is 0 Å². The summed E-state index contributed by atoms with van der Waals surface area (Å²) in [5, 5.41) is 0. The predicted molar refractivity (Wildman–Crippen MR) is 92.7 cm³/mol. The molecule has 2 aromatic carbocycles. The first-order chi connectivity index (χ1) is 11.9. The molecule has 3 rings (SSSR count). The minimum absolute atomic E-state index is 0.113. The van der Waals surface area contributed by atoms with Crippen LogP contribution in [0.1, 0.15) is 38.2 Å². The Bertz CT molecular complexity index is 902. The van der Waals surface area contributed by atoms with Crippen LogP contribution in [0.3, 0.4) is 0 Å². The summed E-state index contributed by atoms with van der Waals surface area (Å²) in [5.74, 6) is 0.303. The van der Waals surface area contributed by atoms with Crippen LogP contribution in [-0.4, -0.2) is 21.0 Å². The van der Waals surface area contributed by atoms with Crippen LogP contribution >= 0.6 is 0 Å². The van der Waals surface area contributed by atoms with E-state index in [1.165, 1.54) is 6.07 Å². The van der Waals surface area contributed by atoms with Crippen molar-refractivity contribution < 1.29 is 22.7 Å². The van der Waals surface area contributed by atoms with Gasteiger partial charge in [-0.05, 0) is 36.2 Å². The number of carbonyl (C=O) groups excluding carboxylic acids is 1. The molecule has 132 valence electrons. The molecule has 0 aromatic heterocycles. The van der Waals surface area contributed by atoms with Gasteiger partial charge in [-0.2, -0.15) is 0 Å². The SMILES string of the molecule is CCCC(=O)OCC(C)c1ccc2c(c1)S(=O)(=O)c1ccccc1O2. The maximum absolute atomic E-state index is 12.9. The lowest BCUT2D eigenvalue weighted by Crippen LogP contribution is -2.13. The number of benzene rings is 2. The van der Waals surface area contributed by atoms with E-state index in [-0.39, 0.29) is 28.3 Å². The number of fused-ring (bicyclic) bond motifs is 2. The highest BCUT2D eigenvalue weighted by Gasteiger charge is 2.31. The fraction of sp³-hybridized carbons (Fsp3) is 0.316. The van der Waals surface area contributed by atoms with Crippen molar-refractivity contribution in [2.24, 2.45) is 0 Å². The Labute approximate surface area is 147 Å². The second kappa shape index (κ2) is 6.88. The van der Waals surface area contributed by atoms with Crippen LogP contribution in [-0.2, 0) is 19.4 Å². The maximum Gasteiger partial charge on any atom is 0.305 e. The monoisotopic (exact) mass is 360 g/mol. The predicted octanol–water partition coefficient (Wildman–Crippen LogP) is 4.07. The van der Waals surface area contributed by atoms with Gasteiger partial charge in [0, 0.05) is 12.3 Å². The van der Waals surface area contributed by atoms with E-state index in [2.05, 4.69) is 0 Å². The summed E-state index contributed by atoms with van der Waals surface area (Å²) in [7, 11) is -3.63. The Morgan fingerprint density at radius 3 is 2.60 bits per heavy atom. The number of esters is 1. The van der Waals surface area contributed by atoms with E-state index in [1.807, 2.05) is 13.8 Å². The van der Waals surface area contributed by atoms with Crippen molar-refractivity contribution in [3.8, 4) is 11.5 Å². The number of hydrogen-bond donors (Lipinski definition) is 0. The lowest BCUT2D eigenvalue weighted by atomic mass is 10.0. The van der Waals surface area contributed by atoms with Crippen LogP contribution in [0.25, 0.3) is 0 Å². The first-order valence-electron chi connectivity index (χ1n) is 8.25. The van der Waals surface area contributed by atoms with Crippen LogP contribution in [0.15, 0.2) is 52.3 Å². The standard InChI is InChI=1S/C19H20O5S/c1-3-6-19(20)23-12-13(2)14-9-10-16-18(11-14)25(21,22)17-8-5-4-7-15(17)24-16/h4-5,7-11,13H,3,6,12H2,1-2H3. The normalized spacial score (nSPS) is 15.4. The van der Waals surface area contributed by atoms with Crippen molar-refractivity contribution in [2.75, 3.05) is 6.61 Å². The molecule has 0 saturated carbocycles. The zero-order valence-corrected chi connectivity index (χ0v) is 15.0. The number of carbonyl (C=O) groups is 1. The van der Waals surface area contributed by atoms with Gasteiger partial charge in [-0.3, -0.25) is 4.79 Å². The Kier molecular flexibility index (Phi) is 4.81. The van der Waals surface area contributed by atoms with Crippen molar-refractivity contribution in [1.82, 2.24) is 0 Å². The van der Waals surface area contributed by atoms with Crippen molar-refractivity contribution >= 4 is 15.8 Å². The molecule has 1 unspecified atom stereocenters. The zero-order chi connectivity index (χ0) is 18.0. The molecule has 5 nitrogen and oxygen atoms in total. The molecular formula is C19H20O5S. The van der Waals surface area contributed by atoms with Gasteiger partial charge in [0.25, 0.3) is 0 Å². The molecule has 6 heteroatoms. The minimum Gasteiger partial charge on any atom is -0.465 e. The highest BCUT2D eigenvalue weighted by atomic mass is 32.2. The summed E-state index contributed by atoms with van der Waals surface area (Å²) in [5.41, 5.74) is 0.787. The lowest BCUT2D eigenvalue weighted by Gasteiger charge is -2.22. The van der Waals surface area contributed by atoms with Gasteiger partial charge in [0.2, 0.25) is 9.84 Å². The van der Waals surface area contributed by atoms with Gasteiger partial charge in [-0.15, -0.1) is 0 Å². The van der Waals surface area contributed by atoms with Crippen LogP contribution in [0.2, 0.25) is 0 Å². The molecule has 1 aliphatic rings. The van der Waals surface area contributed by atoms with Gasteiger partial charge in [0.1, 0.15) is 21.3 Å². The molecule has 0 bridgehead atoms. The van der Waals surface area contributed by atoms with E-state index in [4.69, 9.17) is 9.47 Å². The van der Waals surface area contributed by atoms with Crippen LogP contribution < -0.4 is 4.74 Å². The molecule has 0 fully saturated rings. The molecular weight excluding hydrogens is 340 g/mol. The van der Waals surface area contributed by atoms with Gasteiger partial charge in [-0.25, -0.2) is 8.42 Å². The van der Waals surface area contributed by atoms with Gasteiger partial charge in [-0.1, -0.05) is 32.0 Å². The fourth-order valence-electron chi connectivity index (χ4n) is 2.71. The molecule has 0 saturated heterocycles. The Morgan fingerprint density at radius 1 is 1.12 bits per heavy atom. The van der Waals surface area contributed by atoms with Crippen molar-refractivity contribution in [2.45, 2.75) is 42.4 Å². The van der Waals surface area contributed by atoms with Crippen LogP contribution in [0.5, 0.6) is 11.5 Å². The summed E-state index contributed by atoms with van der Waals surface area (Å²) in [4.78, 5) is 11.8. The molecule has 0 aliphatic carbocycles. The summed E-state index contributed by atoms with van der Waals surface area (Å²) in [6.07, 6.45) is 1.12. The highest BCUT2D eigenvalue weighted by Crippen LogP contribution is 2.43. The summed E-state index contributed by atoms with van der Waals surface area (Å²) in [6.45, 7) is 4.02. The maximum atomic E-state index is 12.9. The largest absolute Gasteiger partial charge is 0.465 e. The van der Waals surface area contributed by atoms with E-state index in [0.717, 1.165) is 12.0 Å². The van der Waals surface area contributed by atoms with Gasteiger partial charge in [0.05, 0.1) is 6.61 Å². The summed E-state index contributed by atoms with van der Waals surface area (Å²) in [6, 6.07) is 11.7. The molecule has 0 amide bonds. The third kappa shape index (κ3) is 3.39. The first kappa shape index (κ1) is 17.5. The molecule has 0 spiro atoms. The second-order valence-electron chi connectivity index (χ2n) is 6.09. The molecule has 0 radical (unpaired) electrons. The first-order valence-corrected chi connectivity index (χ1v) is 9.73. The number of rotatable bonds is 5. The van der Waals surface area contributed by atoms with Crippen LogP contribution in [0.4, 0.5) is 0 Å². The van der Waals surface area contributed by atoms with Crippen molar-refractivity contribution in [3.63, 3.8) is 0 Å². The Hall–Kier alpha value is -2.34. The summed E-state index contributed by atoms with van der Waals surface area (Å²) >= 11 is 0. The molecule has 0 N–H and O–H groups in total. The Morgan fingerprint density at radius 2 is 1.84 bits per heavy atom. The zero-order valence-electron chi connectivity index (χ0n) is 14.2. The average molecular weight is 360 g/mol. The molecule has 1 atom stereocenters. The number of sulfone groups is 1. The van der Waals surface area contributed by atoms with E-state index in [0.29, 0.717) is 17.9 Å². The van der Waals surface area contributed by atoms with E-state index >= 15 is 0 Å². The molecule has 1 aliphatic heterocycles. The average Bonchev–Trinajstić information content (AvgIpc) is 2.60. The van der Waals surface area contributed by atoms with Crippen molar-refractivity contribution in [3.05, 3.63) is 48.0 Å². The topological polar surface area (TPSA) is 69.7 Å². The third-order valence-electron chi connectivity index (χ3n) is 4.13. The van der Waals surface area contributed by atoms with E-state index in [1.54, 1.807) is 36.4 Å². The van der Waals surface area contributed by atoms with Gasteiger partial charge < -0.3 is 9.47 Å². The van der Waals surface area contributed by atoms with Gasteiger partial charge >= 0.3 is 5.97 Å². The second-order valence-corrected chi connectivity index (χ2v) is 7.98. The molecule has 25 heavy (non-hydrogen) atoms. The van der Waals surface area contributed by atoms with Crippen molar-refractivity contribution in [1.29, 1.82) is 0 Å². The van der Waals surface area contributed by atoms with E-state index < -0.39 is 9.84 Å². The molecule has 1 heterocycles. The number of para-hydroxylation sites is 1. The Balaban J connectivity index is 1.87. The van der Waals surface area contributed by atoms with Crippen LogP contribution in [0, 0.1) is 0 Å². The smallest absolute Gasteiger partial charge is 0.305 e. The lowest BCUT2D eigenvalue weighted by molar-refractivity contribution is -0.144. The number of hydrogen-bond acceptors (Lipinski definition) is 5. The summed E-state index contributed by atoms with van der Waals surface area (Å²) < 4.78 is 36.7.